The third kappa shape index (κ3) is 8.13. The third-order valence-corrected chi connectivity index (χ3v) is 7.09. The first-order valence-electron chi connectivity index (χ1n) is 6.40. The normalized spacial score (nSPS) is 15.8. The van der Waals surface area contributed by atoms with Crippen LogP contribution in [-0.4, -0.2) is 84.8 Å². The molecule has 0 heterocycles. The van der Waals surface area contributed by atoms with Crippen LogP contribution >= 0.6 is 21.6 Å². The summed E-state index contributed by atoms with van der Waals surface area (Å²) in [5.74, 6) is 0. The molecule has 6 radical (unpaired) electrons. The molecule has 0 aromatic carbocycles. The van der Waals surface area contributed by atoms with Gasteiger partial charge >= 0.3 is 0 Å². The van der Waals surface area contributed by atoms with E-state index < -0.39 is 10.8 Å². The van der Waals surface area contributed by atoms with E-state index in [9.17, 15) is 0 Å². The minimum atomic E-state index is -0.880. The summed E-state index contributed by atoms with van der Waals surface area (Å²) >= 11 is 0. The van der Waals surface area contributed by atoms with Crippen LogP contribution in [0.15, 0.2) is 0 Å². The molecule has 6 nitrogen and oxygen atoms in total. The van der Waals surface area contributed by atoms with E-state index in [0.717, 1.165) is 0 Å². The van der Waals surface area contributed by atoms with Gasteiger partial charge in [-0.2, -0.15) is 0 Å². The van der Waals surface area contributed by atoms with Crippen LogP contribution in [0.3, 0.4) is 0 Å². The predicted molar refractivity (Wildman–Crippen MR) is 91.0 cm³/mol. The summed E-state index contributed by atoms with van der Waals surface area (Å²) in [6, 6.07) is 0. The maximum Gasteiger partial charge on any atom is 0.146 e. The Morgan fingerprint density at radius 2 is 0.955 bits per heavy atom. The zero-order chi connectivity index (χ0) is 17.2. The molecule has 0 amide bonds. The average molecular weight is 385 g/mol. The summed E-state index contributed by atoms with van der Waals surface area (Å²) in [7, 11) is 19.5. The molecular formula is C12H24O6S2Si2. The first-order valence-corrected chi connectivity index (χ1v) is 9.68. The molecule has 0 saturated heterocycles. The molecule has 0 saturated carbocycles. The Bertz CT molecular complexity index is 265. The molecule has 0 spiro atoms. The van der Waals surface area contributed by atoms with Crippen LogP contribution in [0, 0.1) is 0 Å². The molecule has 0 aliphatic carbocycles. The Morgan fingerprint density at radius 3 is 1.14 bits per heavy atom. The Kier molecular flexibility index (Phi) is 11.9. The average Bonchev–Trinajstić information content (AvgIpc) is 2.56. The lowest BCUT2D eigenvalue weighted by Gasteiger charge is -2.32. The minimum Gasteiger partial charge on any atom is -0.370 e. The van der Waals surface area contributed by atoms with Crippen LogP contribution < -0.4 is 0 Å². The maximum atomic E-state index is 5.45. The van der Waals surface area contributed by atoms with Gasteiger partial charge in [0.1, 0.15) is 42.2 Å². The van der Waals surface area contributed by atoms with E-state index >= 15 is 0 Å². The molecule has 0 N–H and O–H groups in total. The predicted octanol–water partition coefficient (Wildman–Crippen LogP) is 1.32. The van der Waals surface area contributed by atoms with Crippen LogP contribution in [0.5, 0.6) is 0 Å². The van der Waals surface area contributed by atoms with Crippen molar-refractivity contribution in [2.24, 2.45) is 0 Å². The van der Waals surface area contributed by atoms with Gasteiger partial charge < -0.3 is 28.4 Å². The van der Waals surface area contributed by atoms with Gasteiger partial charge in [0.25, 0.3) is 0 Å². The standard InChI is InChI=1S/C12H24O6S2Si2/c1-13-9(7-11(21,15-3)16-4)19-20-10(14-2)8-12(22,17-5)18-6/h9-10H,7-8H2,1-6H3. The first-order chi connectivity index (χ1) is 10.3. The van der Waals surface area contributed by atoms with Gasteiger partial charge in [0.05, 0.1) is 0 Å². The van der Waals surface area contributed by atoms with Crippen molar-refractivity contribution in [2.75, 3.05) is 42.7 Å². The fourth-order valence-corrected chi connectivity index (χ4v) is 4.65. The van der Waals surface area contributed by atoms with Gasteiger partial charge in [0.2, 0.25) is 0 Å². The second kappa shape index (κ2) is 11.4. The number of hydrogen-bond donors (Lipinski definition) is 0. The number of methoxy groups -OCH3 is 6. The Hall–Kier alpha value is 0.894. The molecule has 0 aromatic rings. The Morgan fingerprint density at radius 1 is 0.682 bits per heavy atom. The summed E-state index contributed by atoms with van der Waals surface area (Å²) in [4.78, 5) is 0. The summed E-state index contributed by atoms with van der Waals surface area (Å²) in [5, 5.41) is 0. The summed E-state index contributed by atoms with van der Waals surface area (Å²) in [6.07, 6.45) is 0.990. The fourth-order valence-electron chi connectivity index (χ4n) is 1.38. The maximum absolute atomic E-state index is 5.45. The summed E-state index contributed by atoms with van der Waals surface area (Å²) in [5.41, 5.74) is -2.08. The van der Waals surface area contributed by atoms with Crippen molar-refractivity contribution in [1.29, 1.82) is 0 Å². The third-order valence-electron chi connectivity index (χ3n) is 2.99. The molecule has 2 unspecified atom stereocenters. The van der Waals surface area contributed by atoms with E-state index in [4.69, 9.17) is 28.4 Å². The van der Waals surface area contributed by atoms with Crippen molar-refractivity contribution in [2.45, 2.75) is 34.5 Å². The molecule has 0 rings (SSSR count). The van der Waals surface area contributed by atoms with Crippen LogP contribution in [0.2, 0.25) is 0 Å². The van der Waals surface area contributed by atoms with E-state index in [1.54, 1.807) is 42.7 Å². The molecule has 0 aromatic heterocycles. The van der Waals surface area contributed by atoms with Gasteiger partial charge in [-0.25, -0.2) is 0 Å². The van der Waals surface area contributed by atoms with Gasteiger partial charge in [-0.15, -0.1) is 0 Å². The molecule has 0 bridgehead atoms. The molecule has 0 aliphatic rings. The lowest BCUT2D eigenvalue weighted by Crippen LogP contribution is -2.38. The lowest BCUT2D eigenvalue weighted by atomic mass is 10.4. The Balaban J connectivity index is 4.51. The Labute approximate surface area is 147 Å². The van der Waals surface area contributed by atoms with Gasteiger partial charge in [-0.3, -0.25) is 0 Å². The quantitative estimate of drug-likeness (QED) is 0.268. The molecule has 0 fully saturated rings. The second-order valence-corrected chi connectivity index (χ2v) is 8.37. The monoisotopic (exact) mass is 384 g/mol. The van der Waals surface area contributed by atoms with E-state index in [2.05, 4.69) is 20.5 Å². The van der Waals surface area contributed by atoms with Gasteiger partial charge in [-0.1, -0.05) is 21.6 Å². The highest BCUT2D eigenvalue weighted by molar-refractivity contribution is 8.77. The number of hydrogen-bond acceptors (Lipinski definition) is 8. The van der Waals surface area contributed by atoms with E-state index in [0.29, 0.717) is 12.8 Å². The van der Waals surface area contributed by atoms with E-state index in [1.807, 2.05) is 0 Å². The topological polar surface area (TPSA) is 55.4 Å². The van der Waals surface area contributed by atoms with Crippen LogP contribution in [0.25, 0.3) is 0 Å². The lowest BCUT2D eigenvalue weighted by molar-refractivity contribution is -0.155. The van der Waals surface area contributed by atoms with Crippen LogP contribution in [-0.2, 0) is 28.4 Å². The first kappa shape index (κ1) is 22.9. The van der Waals surface area contributed by atoms with E-state index in [-0.39, 0.29) is 10.9 Å². The molecule has 10 heteroatoms. The van der Waals surface area contributed by atoms with Crippen molar-refractivity contribution in [3.05, 3.63) is 0 Å². The highest BCUT2D eigenvalue weighted by atomic mass is 33.1. The zero-order valence-electron chi connectivity index (χ0n) is 13.8. The van der Waals surface area contributed by atoms with Gasteiger partial charge in [-0.05, 0) is 0 Å². The molecular weight excluding hydrogens is 360 g/mol. The van der Waals surface area contributed by atoms with Gasteiger partial charge in [0, 0.05) is 55.5 Å². The zero-order valence-corrected chi connectivity index (χ0v) is 17.5. The summed E-state index contributed by atoms with van der Waals surface area (Å²) in [6.45, 7) is 0. The molecule has 22 heavy (non-hydrogen) atoms. The minimum absolute atomic E-state index is 0.158. The number of ether oxygens (including phenoxy) is 6. The van der Waals surface area contributed by atoms with Gasteiger partial charge in [0.15, 0.2) is 0 Å². The van der Waals surface area contributed by atoms with Crippen molar-refractivity contribution >= 4 is 42.1 Å². The van der Waals surface area contributed by atoms with Crippen LogP contribution in [0.1, 0.15) is 12.8 Å². The molecule has 0 aliphatic heterocycles. The molecule has 2 atom stereocenters. The highest BCUT2D eigenvalue weighted by Gasteiger charge is 2.31. The summed E-state index contributed by atoms with van der Waals surface area (Å²) < 4.78 is 32.0. The number of rotatable bonds is 13. The fraction of sp³-hybridized carbons (Fsp3) is 1.00. The van der Waals surface area contributed by atoms with Crippen molar-refractivity contribution in [3.8, 4) is 0 Å². The largest absolute Gasteiger partial charge is 0.370 e. The second-order valence-electron chi connectivity index (χ2n) is 4.25. The highest BCUT2D eigenvalue weighted by Crippen LogP contribution is 2.38. The van der Waals surface area contributed by atoms with Crippen molar-refractivity contribution in [3.63, 3.8) is 0 Å². The van der Waals surface area contributed by atoms with Crippen molar-refractivity contribution in [1.82, 2.24) is 0 Å². The smallest absolute Gasteiger partial charge is 0.146 e. The SMILES string of the molecule is COC(CC([Si])(OC)OC)SSC(CC([Si])(OC)OC)OC. The molecule has 128 valence electrons. The van der Waals surface area contributed by atoms with Crippen LogP contribution in [0.4, 0.5) is 0 Å². The van der Waals surface area contributed by atoms with E-state index in [1.165, 1.54) is 21.6 Å². The van der Waals surface area contributed by atoms with Crippen molar-refractivity contribution < 1.29 is 28.4 Å².